The summed E-state index contributed by atoms with van der Waals surface area (Å²) < 4.78 is 0. The van der Waals surface area contributed by atoms with E-state index in [2.05, 4.69) is 41.5 Å². The first kappa shape index (κ1) is 22.2. The van der Waals surface area contributed by atoms with Gasteiger partial charge in [0.2, 0.25) is 0 Å². The molecule has 0 radical (unpaired) electrons. The third-order valence-corrected chi connectivity index (χ3v) is 11.4. The molecule has 4 aliphatic carbocycles. The van der Waals surface area contributed by atoms with E-state index in [0.29, 0.717) is 16.7 Å². The highest BCUT2D eigenvalue weighted by molar-refractivity contribution is 5.10. The summed E-state index contributed by atoms with van der Waals surface area (Å²) in [7, 11) is 0. The molecule has 1 unspecified atom stereocenters. The predicted molar refractivity (Wildman–Crippen MR) is 124 cm³/mol. The lowest BCUT2D eigenvalue weighted by molar-refractivity contribution is -0.149. The van der Waals surface area contributed by atoms with E-state index in [1.807, 2.05) is 0 Å². The first-order valence-electron chi connectivity index (χ1n) is 13.4. The van der Waals surface area contributed by atoms with Crippen LogP contribution in [0.2, 0.25) is 0 Å². The van der Waals surface area contributed by atoms with Gasteiger partial charge in [0.15, 0.2) is 0 Å². The minimum absolute atomic E-state index is 0.0407. The summed E-state index contributed by atoms with van der Waals surface area (Å²) >= 11 is 0. The second-order valence-electron chi connectivity index (χ2n) is 13.1. The second-order valence-corrected chi connectivity index (χ2v) is 13.1. The zero-order chi connectivity index (χ0) is 21.0. The van der Waals surface area contributed by atoms with Gasteiger partial charge >= 0.3 is 0 Å². The standard InChI is InChI=1S/C28H50O/c1-18(2)8-7-9-19(3)22-12-13-24-21-10-11-23-20(4)26(29)15-17-28(23,6)25(21)14-16-27(22,24)5/h18-26,29H,7-17H2,1-6H3/t19?,20-,21-,22+,23-,24-,25-,26-,27+,28-/m0/s1. The molecule has 10 atom stereocenters. The Morgan fingerprint density at radius 1 is 0.793 bits per heavy atom. The summed E-state index contributed by atoms with van der Waals surface area (Å²) in [6.45, 7) is 15.0. The Balaban J connectivity index is 1.48. The Morgan fingerprint density at radius 3 is 2.17 bits per heavy atom. The Morgan fingerprint density at radius 2 is 1.45 bits per heavy atom. The molecule has 0 amide bonds. The van der Waals surface area contributed by atoms with Crippen LogP contribution in [0, 0.1) is 58.2 Å². The Labute approximate surface area is 181 Å². The fourth-order valence-electron chi connectivity index (χ4n) is 9.73. The molecule has 4 rings (SSSR count). The van der Waals surface area contributed by atoms with Crippen LogP contribution in [0.1, 0.15) is 112 Å². The Hall–Kier alpha value is -0.0400. The molecule has 168 valence electrons. The van der Waals surface area contributed by atoms with Gasteiger partial charge in [-0.3, -0.25) is 0 Å². The van der Waals surface area contributed by atoms with Gasteiger partial charge in [-0.25, -0.2) is 0 Å². The highest BCUT2D eigenvalue weighted by Crippen LogP contribution is 2.68. The van der Waals surface area contributed by atoms with Crippen molar-refractivity contribution in [3.63, 3.8) is 0 Å². The molecule has 4 aliphatic rings. The SMILES string of the molecule is CC(C)CCCC(C)[C@H]1CC[C@H]2[C@@H]3CC[C@H]4[C@H](C)[C@@H](O)CC[C@]4(C)[C@H]3CC[C@]12C. The topological polar surface area (TPSA) is 20.2 Å². The minimum Gasteiger partial charge on any atom is -0.393 e. The van der Waals surface area contributed by atoms with Crippen molar-refractivity contribution in [1.82, 2.24) is 0 Å². The van der Waals surface area contributed by atoms with Crippen LogP contribution in [0.25, 0.3) is 0 Å². The molecule has 4 fully saturated rings. The molecule has 29 heavy (non-hydrogen) atoms. The highest BCUT2D eigenvalue weighted by Gasteiger charge is 2.61. The van der Waals surface area contributed by atoms with Gasteiger partial charge in [-0.2, -0.15) is 0 Å². The molecular weight excluding hydrogens is 352 g/mol. The minimum atomic E-state index is -0.0407. The van der Waals surface area contributed by atoms with Crippen LogP contribution in [-0.2, 0) is 0 Å². The van der Waals surface area contributed by atoms with Gasteiger partial charge in [0.25, 0.3) is 0 Å². The smallest absolute Gasteiger partial charge is 0.0568 e. The van der Waals surface area contributed by atoms with Crippen LogP contribution in [0.5, 0.6) is 0 Å². The summed E-state index contributed by atoms with van der Waals surface area (Å²) in [5.74, 6) is 6.92. The van der Waals surface area contributed by atoms with Gasteiger partial charge in [-0.05, 0) is 110 Å². The molecule has 0 spiro atoms. The summed E-state index contributed by atoms with van der Waals surface area (Å²) in [6, 6.07) is 0. The molecule has 0 saturated heterocycles. The van der Waals surface area contributed by atoms with Crippen LogP contribution in [0.3, 0.4) is 0 Å². The molecule has 4 saturated carbocycles. The normalized spacial score (nSPS) is 50.7. The third kappa shape index (κ3) is 3.64. The van der Waals surface area contributed by atoms with Crippen LogP contribution in [0.15, 0.2) is 0 Å². The zero-order valence-corrected chi connectivity index (χ0v) is 20.4. The van der Waals surface area contributed by atoms with Crippen LogP contribution >= 0.6 is 0 Å². The van der Waals surface area contributed by atoms with Crippen molar-refractivity contribution in [3.8, 4) is 0 Å². The fourth-order valence-corrected chi connectivity index (χ4v) is 9.73. The highest BCUT2D eigenvalue weighted by atomic mass is 16.3. The van der Waals surface area contributed by atoms with Crippen molar-refractivity contribution >= 4 is 0 Å². The second kappa shape index (κ2) is 8.14. The number of fused-ring (bicyclic) bond motifs is 5. The molecule has 0 aromatic heterocycles. The van der Waals surface area contributed by atoms with E-state index in [9.17, 15) is 5.11 Å². The van der Waals surface area contributed by atoms with Crippen LogP contribution in [-0.4, -0.2) is 11.2 Å². The molecule has 0 aliphatic heterocycles. The predicted octanol–water partition coefficient (Wildman–Crippen LogP) is 7.71. The summed E-state index contributed by atoms with van der Waals surface area (Å²) in [5.41, 5.74) is 1.12. The molecule has 0 aromatic rings. The molecule has 0 aromatic carbocycles. The molecule has 0 bridgehead atoms. The summed E-state index contributed by atoms with van der Waals surface area (Å²) in [4.78, 5) is 0. The van der Waals surface area contributed by atoms with E-state index in [0.717, 1.165) is 47.8 Å². The van der Waals surface area contributed by atoms with Crippen molar-refractivity contribution in [2.45, 2.75) is 118 Å². The van der Waals surface area contributed by atoms with E-state index >= 15 is 0 Å². The number of hydrogen-bond donors (Lipinski definition) is 1. The number of rotatable bonds is 5. The Bertz CT molecular complexity index is 569. The van der Waals surface area contributed by atoms with E-state index in [-0.39, 0.29) is 6.10 Å². The lowest BCUT2D eigenvalue weighted by Gasteiger charge is -2.62. The van der Waals surface area contributed by atoms with Gasteiger partial charge < -0.3 is 5.11 Å². The van der Waals surface area contributed by atoms with Crippen LogP contribution in [0.4, 0.5) is 0 Å². The maximum Gasteiger partial charge on any atom is 0.0568 e. The first-order valence-corrected chi connectivity index (χ1v) is 13.4. The maximum atomic E-state index is 10.5. The molecule has 0 heterocycles. The number of aliphatic hydroxyl groups excluding tert-OH is 1. The van der Waals surface area contributed by atoms with Gasteiger partial charge in [0.05, 0.1) is 6.10 Å². The average Bonchev–Trinajstić information content (AvgIpc) is 3.02. The van der Waals surface area contributed by atoms with Gasteiger partial charge in [0, 0.05) is 0 Å². The zero-order valence-electron chi connectivity index (χ0n) is 20.4. The van der Waals surface area contributed by atoms with Gasteiger partial charge in [-0.15, -0.1) is 0 Å². The third-order valence-electron chi connectivity index (χ3n) is 11.4. The fraction of sp³-hybridized carbons (Fsp3) is 1.00. The van der Waals surface area contributed by atoms with Gasteiger partial charge in [-0.1, -0.05) is 60.8 Å². The quantitative estimate of drug-likeness (QED) is 0.499. The van der Waals surface area contributed by atoms with E-state index in [1.54, 1.807) is 0 Å². The lowest BCUT2D eigenvalue weighted by atomic mass is 9.43. The number of aliphatic hydroxyl groups is 1. The largest absolute Gasteiger partial charge is 0.393 e. The van der Waals surface area contributed by atoms with Crippen LogP contribution < -0.4 is 0 Å². The van der Waals surface area contributed by atoms with Crippen molar-refractivity contribution in [2.75, 3.05) is 0 Å². The summed E-state index contributed by atoms with van der Waals surface area (Å²) in [6.07, 6.45) is 15.4. The van der Waals surface area contributed by atoms with Crippen molar-refractivity contribution in [1.29, 1.82) is 0 Å². The van der Waals surface area contributed by atoms with Crippen molar-refractivity contribution < 1.29 is 5.11 Å². The van der Waals surface area contributed by atoms with E-state index < -0.39 is 0 Å². The van der Waals surface area contributed by atoms with E-state index in [1.165, 1.54) is 64.2 Å². The van der Waals surface area contributed by atoms with Crippen molar-refractivity contribution in [3.05, 3.63) is 0 Å². The molecular formula is C28H50O. The maximum absolute atomic E-state index is 10.5. The summed E-state index contributed by atoms with van der Waals surface area (Å²) in [5, 5.41) is 10.5. The number of hydrogen-bond acceptors (Lipinski definition) is 1. The Kier molecular flexibility index (Phi) is 6.22. The molecule has 1 N–H and O–H groups in total. The monoisotopic (exact) mass is 402 g/mol. The molecule has 1 heteroatoms. The average molecular weight is 403 g/mol. The lowest BCUT2D eigenvalue weighted by Crippen LogP contribution is -2.56. The first-order chi connectivity index (χ1) is 13.7. The van der Waals surface area contributed by atoms with Crippen molar-refractivity contribution in [2.24, 2.45) is 58.2 Å². The molecule has 1 nitrogen and oxygen atoms in total. The van der Waals surface area contributed by atoms with Gasteiger partial charge in [0.1, 0.15) is 0 Å². The van der Waals surface area contributed by atoms with E-state index in [4.69, 9.17) is 0 Å².